The number of aliphatic imine (C=N–C) groups is 1. The van der Waals surface area contributed by atoms with E-state index >= 15 is 0 Å². The Bertz CT molecular complexity index is 845. The van der Waals surface area contributed by atoms with Crippen LogP contribution in [0, 0.1) is 11.8 Å². The predicted octanol–water partition coefficient (Wildman–Crippen LogP) is 8.56. The van der Waals surface area contributed by atoms with E-state index in [2.05, 4.69) is 89.0 Å². The van der Waals surface area contributed by atoms with E-state index in [1.165, 1.54) is 48.1 Å². The summed E-state index contributed by atoms with van der Waals surface area (Å²) >= 11 is 0. The monoisotopic (exact) mass is 404 g/mol. The maximum Gasteiger partial charge on any atom is 0.0815 e. The molecule has 0 radical (unpaired) electrons. The van der Waals surface area contributed by atoms with Crippen molar-refractivity contribution in [3.05, 3.63) is 71.6 Å². The van der Waals surface area contributed by atoms with E-state index in [-0.39, 0.29) is 0 Å². The molecule has 1 aliphatic carbocycles. The van der Waals surface area contributed by atoms with E-state index in [1.54, 1.807) is 0 Å². The first-order chi connectivity index (χ1) is 14.4. The van der Waals surface area contributed by atoms with Gasteiger partial charge in [-0.2, -0.15) is 0 Å². The minimum absolute atomic E-state index is 0.511. The van der Waals surface area contributed by atoms with E-state index < -0.39 is 0 Å². The number of nitrogens with zero attached hydrogens (tertiary/aromatic N) is 1. The summed E-state index contributed by atoms with van der Waals surface area (Å²) in [5, 5.41) is 3.57. The van der Waals surface area contributed by atoms with Crippen molar-refractivity contribution in [2.75, 3.05) is 5.32 Å². The van der Waals surface area contributed by atoms with Crippen LogP contribution in [0.1, 0.15) is 79.2 Å². The maximum atomic E-state index is 4.99. The maximum absolute atomic E-state index is 4.99. The third kappa shape index (κ3) is 6.32. The van der Waals surface area contributed by atoms with Gasteiger partial charge < -0.3 is 5.32 Å². The Morgan fingerprint density at radius 3 is 2.47 bits per heavy atom. The number of benzene rings is 1. The van der Waals surface area contributed by atoms with Crippen molar-refractivity contribution in [2.45, 2.75) is 73.6 Å². The summed E-state index contributed by atoms with van der Waals surface area (Å²) in [6.45, 7) is 17.6. The van der Waals surface area contributed by atoms with Crippen molar-refractivity contribution < 1.29 is 0 Å². The van der Waals surface area contributed by atoms with Crippen LogP contribution in [0.25, 0.3) is 5.57 Å². The van der Waals surface area contributed by atoms with Crippen LogP contribution in [0.3, 0.4) is 0 Å². The van der Waals surface area contributed by atoms with Crippen molar-refractivity contribution in [2.24, 2.45) is 16.8 Å². The summed E-state index contributed by atoms with van der Waals surface area (Å²) in [5.41, 5.74) is 8.17. The predicted molar refractivity (Wildman–Crippen MR) is 135 cm³/mol. The molecule has 0 amide bonds. The molecular weight excluding hydrogens is 364 g/mol. The molecule has 2 rings (SSSR count). The highest BCUT2D eigenvalue weighted by Crippen LogP contribution is 2.36. The van der Waals surface area contributed by atoms with E-state index in [9.17, 15) is 0 Å². The van der Waals surface area contributed by atoms with E-state index in [4.69, 9.17) is 4.99 Å². The van der Waals surface area contributed by atoms with Crippen molar-refractivity contribution in [3.8, 4) is 0 Å². The highest BCUT2D eigenvalue weighted by Gasteiger charge is 2.18. The molecule has 30 heavy (non-hydrogen) atoms. The Hall–Kier alpha value is -2.35. The van der Waals surface area contributed by atoms with Crippen molar-refractivity contribution in [3.63, 3.8) is 0 Å². The molecule has 0 spiro atoms. The first kappa shape index (κ1) is 23.9. The minimum atomic E-state index is 0.511. The fourth-order valence-electron chi connectivity index (χ4n) is 4.33. The molecule has 0 aliphatic heterocycles. The van der Waals surface area contributed by atoms with Crippen LogP contribution >= 0.6 is 0 Å². The fraction of sp³-hybridized carbons (Fsp3) is 0.464. The molecule has 0 bridgehead atoms. The molecule has 0 saturated heterocycles. The van der Waals surface area contributed by atoms with Crippen LogP contribution in [0.2, 0.25) is 0 Å². The summed E-state index contributed by atoms with van der Waals surface area (Å²) < 4.78 is 0. The number of rotatable bonds is 10. The van der Waals surface area contributed by atoms with Crippen LogP contribution in [0.4, 0.5) is 5.69 Å². The minimum Gasteiger partial charge on any atom is -0.354 e. The lowest BCUT2D eigenvalue weighted by molar-refractivity contribution is 0.556. The highest BCUT2D eigenvalue weighted by atomic mass is 14.9. The molecule has 0 fully saturated rings. The van der Waals surface area contributed by atoms with Crippen LogP contribution in [-0.4, -0.2) is 5.71 Å². The van der Waals surface area contributed by atoms with Gasteiger partial charge in [-0.15, -0.1) is 0 Å². The molecule has 2 heteroatoms. The molecule has 1 unspecified atom stereocenters. The lowest BCUT2D eigenvalue weighted by Crippen LogP contribution is -2.13. The smallest absolute Gasteiger partial charge is 0.0815 e. The Balaban J connectivity index is 2.26. The Morgan fingerprint density at radius 1 is 1.20 bits per heavy atom. The number of nitrogens with one attached hydrogen (secondary N) is 1. The van der Waals surface area contributed by atoms with E-state index in [0.29, 0.717) is 11.8 Å². The second kappa shape index (κ2) is 11.7. The summed E-state index contributed by atoms with van der Waals surface area (Å²) in [7, 11) is 0. The summed E-state index contributed by atoms with van der Waals surface area (Å²) in [4.78, 5) is 4.99. The van der Waals surface area contributed by atoms with Crippen molar-refractivity contribution in [1.29, 1.82) is 0 Å². The Kier molecular flexibility index (Phi) is 9.36. The largest absolute Gasteiger partial charge is 0.354 e. The molecule has 1 aromatic rings. The van der Waals surface area contributed by atoms with Gasteiger partial charge in [0.05, 0.1) is 11.4 Å². The summed E-state index contributed by atoms with van der Waals surface area (Å²) in [6, 6.07) is 8.53. The van der Waals surface area contributed by atoms with Gasteiger partial charge in [0, 0.05) is 17.0 Å². The molecule has 162 valence electrons. The number of para-hydroxylation sites is 1. The zero-order valence-corrected chi connectivity index (χ0v) is 19.9. The SMILES string of the molecule is C=C(Nc1ccccc1C1=CC=C(C)CC1C)/C(=C/C)N=C(C)C(CCC)CCC. The Morgan fingerprint density at radius 2 is 1.87 bits per heavy atom. The van der Waals surface area contributed by atoms with E-state index in [1.807, 2.05) is 6.92 Å². The molecule has 0 heterocycles. The van der Waals surface area contributed by atoms with Crippen LogP contribution < -0.4 is 5.32 Å². The van der Waals surface area contributed by atoms with Crippen LogP contribution in [0.5, 0.6) is 0 Å². The van der Waals surface area contributed by atoms with Gasteiger partial charge in [0.2, 0.25) is 0 Å². The van der Waals surface area contributed by atoms with Gasteiger partial charge in [0.25, 0.3) is 0 Å². The van der Waals surface area contributed by atoms with Crippen LogP contribution in [-0.2, 0) is 0 Å². The fourth-order valence-corrected chi connectivity index (χ4v) is 4.33. The standard InChI is InChI=1S/C28H40N2/c1-8-13-24(14-9-2)22(6)29-27(10-3)23(7)30-28-16-12-11-15-26(28)25-18-17-20(4)19-21(25)5/h10-12,15-18,21,24,30H,7-9,13-14,19H2,1-6H3/b27-10-,29-22?. The van der Waals surface area contributed by atoms with Gasteiger partial charge >= 0.3 is 0 Å². The molecular formula is C28H40N2. The first-order valence-corrected chi connectivity index (χ1v) is 11.6. The van der Waals surface area contributed by atoms with Gasteiger partial charge in [-0.05, 0) is 63.5 Å². The van der Waals surface area contributed by atoms with Crippen molar-refractivity contribution >= 4 is 17.0 Å². The molecule has 1 N–H and O–H groups in total. The van der Waals surface area contributed by atoms with Gasteiger partial charge in [-0.3, -0.25) is 4.99 Å². The quantitative estimate of drug-likeness (QED) is 0.306. The zero-order valence-electron chi connectivity index (χ0n) is 19.9. The van der Waals surface area contributed by atoms with Gasteiger partial charge in [-0.25, -0.2) is 0 Å². The molecule has 1 aliphatic rings. The topological polar surface area (TPSA) is 24.4 Å². The molecule has 0 saturated carbocycles. The molecule has 1 atom stereocenters. The number of allylic oxidation sites excluding steroid dienone is 5. The van der Waals surface area contributed by atoms with Gasteiger partial charge in [-0.1, -0.05) is 82.2 Å². The molecule has 2 nitrogen and oxygen atoms in total. The Labute approximate surface area is 184 Å². The third-order valence-electron chi connectivity index (χ3n) is 5.97. The second-order valence-electron chi connectivity index (χ2n) is 8.59. The average molecular weight is 405 g/mol. The first-order valence-electron chi connectivity index (χ1n) is 11.6. The average Bonchev–Trinajstić information content (AvgIpc) is 2.72. The van der Waals surface area contributed by atoms with Gasteiger partial charge in [0.15, 0.2) is 0 Å². The van der Waals surface area contributed by atoms with Crippen LogP contribution in [0.15, 0.2) is 71.0 Å². The summed E-state index contributed by atoms with van der Waals surface area (Å²) in [6.07, 6.45) is 12.5. The van der Waals surface area contributed by atoms with Crippen molar-refractivity contribution in [1.82, 2.24) is 0 Å². The summed E-state index contributed by atoms with van der Waals surface area (Å²) in [5.74, 6) is 1.06. The number of hydrogen-bond acceptors (Lipinski definition) is 2. The lowest BCUT2D eigenvalue weighted by Gasteiger charge is -2.23. The van der Waals surface area contributed by atoms with Gasteiger partial charge in [0.1, 0.15) is 0 Å². The molecule has 0 aromatic heterocycles. The third-order valence-corrected chi connectivity index (χ3v) is 5.97. The number of hydrogen-bond donors (Lipinski definition) is 1. The zero-order chi connectivity index (χ0) is 22.1. The number of anilines is 1. The second-order valence-corrected chi connectivity index (χ2v) is 8.59. The highest BCUT2D eigenvalue weighted by molar-refractivity contribution is 5.86. The lowest BCUT2D eigenvalue weighted by atomic mass is 9.84. The van der Waals surface area contributed by atoms with E-state index in [0.717, 1.165) is 23.5 Å². The molecule has 1 aromatic carbocycles. The normalized spacial score (nSPS) is 17.6.